The fourth-order valence-electron chi connectivity index (χ4n) is 5.26. The van der Waals surface area contributed by atoms with Crippen molar-refractivity contribution in [1.82, 2.24) is 14.8 Å². The molecular formula is C34H20BrCl2N3O3. The van der Waals surface area contributed by atoms with Crippen molar-refractivity contribution in [2.24, 2.45) is 0 Å². The first-order valence-electron chi connectivity index (χ1n) is 13.3. The molecule has 0 saturated heterocycles. The Balaban J connectivity index is 1.65. The molecule has 0 fully saturated rings. The molecule has 4 aromatic carbocycles. The highest BCUT2D eigenvalue weighted by Crippen LogP contribution is 2.46. The summed E-state index contributed by atoms with van der Waals surface area (Å²) in [6.07, 6.45) is 1.88. The summed E-state index contributed by atoms with van der Waals surface area (Å²) >= 11 is 16.5. The van der Waals surface area contributed by atoms with Crippen LogP contribution in [0, 0.1) is 6.92 Å². The van der Waals surface area contributed by atoms with Crippen LogP contribution in [0.4, 0.5) is 0 Å². The number of aromatic nitrogens is 3. The van der Waals surface area contributed by atoms with Crippen LogP contribution >= 0.6 is 39.1 Å². The second-order valence-electron chi connectivity index (χ2n) is 10.1. The number of pyridine rings is 1. The summed E-state index contributed by atoms with van der Waals surface area (Å²) in [5.74, 6) is -0.126. The van der Waals surface area contributed by atoms with Crippen molar-refractivity contribution >= 4 is 61.0 Å². The Morgan fingerprint density at radius 2 is 1.63 bits per heavy atom. The van der Waals surface area contributed by atoms with Gasteiger partial charge in [0.1, 0.15) is 17.0 Å². The molecule has 0 spiro atoms. The first kappa shape index (κ1) is 27.4. The number of hydrogen-bond acceptors (Lipinski definition) is 5. The molecular weight excluding hydrogens is 649 g/mol. The molecule has 210 valence electrons. The Kier molecular flexibility index (Phi) is 6.81. The quantitative estimate of drug-likeness (QED) is 0.115. The molecule has 6 nitrogen and oxygen atoms in total. The van der Waals surface area contributed by atoms with Gasteiger partial charge in [-0.3, -0.25) is 0 Å². The van der Waals surface area contributed by atoms with Crippen LogP contribution in [-0.2, 0) is 0 Å². The van der Waals surface area contributed by atoms with E-state index in [4.69, 9.17) is 37.7 Å². The van der Waals surface area contributed by atoms with Gasteiger partial charge >= 0.3 is 5.63 Å². The molecule has 3 heterocycles. The lowest BCUT2D eigenvalue weighted by molar-refractivity contribution is 0.474. The molecule has 7 rings (SSSR count). The minimum absolute atomic E-state index is 0.126. The molecule has 0 atom stereocenters. The predicted molar refractivity (Wildman–Crippen MR) is 175 cm³/mol. The van der Waals surface area contributed by atoms with Gasteiger partial charge in [0, 0.05) is 28.3 Å². The van der Waals surface area contributed by atoms with Gasteiger partial charge in [0.05, 0.1) is 42.4 Å². The number of nitrogens with zero attached hydrogens (tertiary/aromatic N) is 3. The number of fused-ring (bicyclic) bond motifs is 3. The van der Waals surface area contributed by atoms with E-state index in [-0.39, 0.29) is 26.7 Å². The Labute approximate surface area is 263 Å². The van der Waals surface area contributed by atoms with Crippen LogP contribution in [0.2, 0.25) is 10.0 Å². The molecule has 1 N–H and O–H groups in total. The van der Waals surface area contributed by atoms with Crippen molar-refractivity contribution in [2.75, 3.05) is 0 Å². The molecule has 7 aromatic rings. The number of phenolic OH excluding ortho intramolecular Hbond substituents is 1. The summed E-state index contributed by atoms with van der Waals surface area (Å²) in [5, 5.41) is 17.4. The second kappa shape index (κ2) is 10.7. The number of hydrogen-bond donors (Lipinski definition) is 1. The molecule has 0 saturated carbocycles. The zero-order chi connectivity index (χ0) is 29.8. The number of benzene rings is 4. The van der Waals surface area contributed by atoms with Crippen LogP contribution in [0.3, 0.4) is 0 Å². The van der Waals surface area contributed by atoms with Gasteiger partial charge in [-0.15, -0.1) is 0 Å². The van der Waals surface area contributed by atoms with Crippen LogP contribution < -0.4 is 5.63 Å². The highest BCUT2D eigenvalue weighted by Gasteiger charge is 2.25. The first-order valence-corrected chi connectivity index (χ1v) is 14.8. The molecule has 43 heavy (non-hydrogen) atoms. The second-order valence-corrected chi connectivity index (χ2v) is 11.7. The SMILES string of the molecule is Cc1ccc2c(c1)oc(=O)c1c(-c3cn(-c4ccccc4)nc3-c3ccccc3)cc(-c3c(O)c(Br)cc(Cl)c3Cl)nc12. The Bertz CT molecular complexity index is 2240. The zero-order valence-electron chi connectivity index (χ0n) is 22.5. The number of aryl methyl sites for hydroxylation is 1. The molecule has 0 bridgehead atoms. The minimum atomic E-state index is -0.545. The normalized spacial score (nSPS) is 11.4. The fourth-order valence-corrected chi connectivity index (χ4v) is 6.26. The van der Waals surface area contributed by atoms with Gasteiger partial charge in [-0.05, 0) is 64.8 Å². The number of halogens is 3. The number of para-hydroxylation sites is 1. The van der Waals surface area contributed by atoms with Crippen LogP contribution in [0.5, 0.6) is 5.75 Å². The summed E-state index contributed by atoms with van der Waals surface area (Å²) in [5.41, 5.74) is 5.27. The summed E-state index contributed by atoms with van der Waals surface area (Å²) in [6.45, 7) is 1.92. The third-order valence-corrected chi connectivity index (χ3v) is 8.68. The van der Waals surface area contributed by atoms with Gasteiger partial charge in [0.2, 0.25) is 0 Å². The van der Waals surface area contributed by atoms with E-state index in [0.717, 1.165) is 16.8 Å². The maximum absolute atomic E-state index is 13.8. The van der Waals surface area contributed by atoms with Crippen molar-refractivity contribution < 1.29 is 9.52 Å². The molecule has 0 aliphatic heterocycles. The third kappa shape index (κ3) is 4.70. The number of aromatic hydroxyl groups is 1. The van der Waals surface area contributed by atoms with E-state index >= 15 is 0 Å². The topological polar surface area (TPSA) is 81.2 Å². The van der Waals surface area contributed by atoms with E-state index in [1.165, 1.54) is 6.07 Å². The van der Waals surface area contributed by atoms with Gasteiger partial charge in [-0.25, -0.2) is 14.5 Å². The molecule has 0 amide bonds. The van der Waals surface area contributed by atoms with E-state index in [2.05, 4.69) is 15.9 Å². The smallest absolute Gasteiger partial charge is 0.346 e. The Morgan fingerprint density at radius 1 is 0.907 bits per heavy atom. The summed E-state index contributed by atoms with van der Waals surface area (Å²) < 4.78 is 7.99. The monoisotopic (exact) mass is 667 g/mol. The lowest BCUT2D eigenvalue weighted by Crippen LogP contribution is -2.05. The average Bonchev–Trinajstić information content (AvgIpc) is 3.46. The van der Waals surface area contributed by atoms with Crippen molar-refractivity contribution in [3.63, 3.8) is 0 Å². The summed E-state index contributed by atoms with van der Waals surface area (Å²) in [7, 11) is 0. The van der Waals surface area contributed by atoms with E-state index in [1.807, 2.05) is 85.9 Å². The van der Waals surface area contributed by atoms with Crippen LogP contribution in [-0.4, -0.2) is 19.9 Å². The van der Waals surface area contributed by atoms with Gasteiger partial charge in [-0.1, -0.05) is 77.8 Å². The van der Waals surface area contributed by atoms with Crippen molar-refractivity contribution in [3.05, 3.63) is 128 Å². The highest BCUT2D eigenvalue weighted by molar-refractivity contribution is 9.10. The lowest BCUT2D eigenvalue weighted by atomic mass is 9.96. The highest BCUT2D eigenvalue weighted by atomic mass is 79.9. The van der Waals surface area contributed by atoms with Gasteiger partial charge in [0.15, 0.2) is 0 Å². The largest absolute Gasteiger partial charge is 0.506 e. The zero-order valence-corrected chi connectivity index (χ0v) is 25.6. The molecule has 0 aliphatic carbocycles. The summed E-state index contributed by atoms with van der Waals surface area (Å²) in [6, 6.07) is 28.3. The third-order valence-electron chi connectivity index (χ3n) is 7.29. The van der Waals surface area contributed by atoms with E-state index in [0.29, 0.717) is 43.5 Å². The molecule has 0 aliphatic rings. The summed E-state index contributed by atoms with van der Waals surface area (Å²) in [4.78, 5) is 18.7. The van der Waals surface area contributed by atoms with E-state index in [1.54, 1.807) is 16.8 Å². The molecule has 0 radical (unpaired) electrons. The van der Waals surface area contributed by atoms with Gasteiger partial charge in [-0.2, -0.15) is 5.10 Å². The maximum Gasteiger partial charge on any atom is 0.346 e. The van der Waals surface area contributed by atoms with Crippen molar-refractivity contribution in [3.8, 4) is 45.1 Å². The fraction of sp³-hybridized carbons (Fsp3) is 0.0294. The lowest BCUT2D eigenvalue weighted by Gasteiger charge is -2.14. The van der Waals surface area contributed by atoms with Crippen LogP contribution in [0.15, 0.2) is 111 Å². The average molecular weight is 669 g/mol. The maximum atomic E-state index is 13.8. The van der Waals surface area contributed by atoms with Gasteiger partial charge < -0.3 is 9.52 Å². The van der Waals surface area contributed by atoms with Gasteiger partial charge in [0.25, 0.3) is 0 Å². The number of phenols is 1. The Morgan fingerprint density at radius 3 is 2.37 bits per heavy atom. The van der Waals surface area contributed by atoms with Crippen molar-refractivity contribution in [2.45, 2.75) is 6.92 Å². The van der Waals surface area contributed by atoms with E-state index in [9.17, 15) is 9.90 Å². The minimum Gasteiger partial charge on any atom is -0.506 e. The molecule has 0 unspecified atom stereocenters. The van der Waals surface area contributed by atoms with Crippen LogP contribution in [0.1, 0.15) is 5.56 Å². The van der Waals surface area contributed by atoms with E-state index < -0.39 is 5.63 Å². The van der Waals surface area contributed by atoms with Crippen molar-refractivity contribution in [1.29, 1.82) is 0 Å². The van der Waals surface area contributed by atoms with Crippen LogP contribution in [0.25, 0.3) is 61.2 Å². The molecule has 3 aromatic heterocycles. The standard InChI is InChI=1S/C34H20BrCl2N3O3/c1-18-12-13-21-27(14-18)43-34(42)28-22(15-26(38-32(21)28)29-30(37)25(36)16-24(35)33(29)41)23-17-40(20-10-6-3-7-11-20)39-31(23)19-8-4-2-5-9-19/h2-17,41H,1H3. The molecule has 9 heteroatoms. The predicted octanol–water partition coefficient (Wildman–Crippen LogP) is 9.61. The number of rotatable bonds is 4. The Hall–Kier alpha value is -4.43. The first-order chi connectivity index (χ1) is 20.8.